The fraction of sp³-hybridized carbons (Fsp3) is 0.462. The number of hydrogen-bond donors (Lipinski definition) is 0. The predicted octanol–water partition coefficient (Wildman–Crippen LogP) is 1.69. The number of benzene rings is 1. The molecule has 1 aromatic rings. The average molecular weight is 267 g/mol. The van der Waals surface area contributed by atoms with Crippen LogP contribution in [0.1, 0.15) is 18.9 Å². The molecule has 0 saturated carbocycles. The van der Waals surface area contributed by atoms with Crippen molar-refractivity contribution in [3.63, 3.8) is 0 Å². The van der Waals surface area contributed by atoms with Gasteiger partial charge in [-0.1, -0.05) is 0 Å². The maximum absolute atomic E-state index is 11.3. The second kappa shape index (κ2) is 5.52. The van der Waals surface area contributed by atoms with Crippen LogP contribution in [0.2, 0.25) is 0 Å². The van der Waals surface area contributed by atoms with E-state index >= 15 is 0 Å². The molecule has 0 radical (unpaired) electrons. The first-order chi connectivity index (χ1) is 8.59. The van der Waals surface area contributed by atoms with Crippen LogP contribution in [-0.4, -0.2) is 38.8 Å². The Morgan fingerprint density at radius 1 is 1.39 bits per heavy atom. The van der Waals surface area contributed by atoms with Gasteiger partial charge in [0.15, 0.2) is 9.84 Å². The number of aliphatic imine (C=N–C) groups is 1. The first-order valence-corrected chi connectivity index (χ1v) is 7.87. The molecule has 0 spiro atoms. The quantitative estimate of drug-likeness (QED) is 0.780. The third kappa shape index (κ3) is 3.57. The molecule has 18 heavy (non-hydrogen) atoms. The summed E-state index contributed by atoms with van der Waals surface area (Å²) in [7, 11) is -2.85. The zero-order chi connectivity index (χ0) is 13.0. The first-order valence-electron chi connectivity index (χ1n) is 6.05. The summed E-state index contributed by atoms with van der Waals surface area (Å²) in [6.07, 6.45) is 2.37. The van der Waals surface area contributed by atoms with Crippen molar-refractivity contribution >= 4 is 16.1 Å². The fourth-order valence-electron chi connectivity index (χ4n) is 1.90. The molecule has 5 heteroatoms. The minimum atomic E-state index is -2.85. The highest BCUT2D eigenvalue weighted by molar-refractivity contribution is 7.91. The van der Waals surface area contributed by atoms with Crippen molar-refractivity contribution in [3.8, 4) is 5.75 Å². The van der Waals surface area contributed by atoms with E-state index in [9.17, 15) is 8.42 Å². The number of rotatable bonds is 4. The minimum Gasteiger partial charge on any atom is -0.494 e. The number of ether oxygens (including phenoxy) is 1. The Morgan fingerprint density at radius 3 is 2.67 bits per heavy atom. The van der Waals surface area contributed by atoms with Crippen LogP contribution in [0.4, 0.5) is 0 Å². The molecule has 4 nitrogen and oxygen atoms in total. The smallest absolute Gasteiger partial charge is 0.152 e. The number of hydrogen-bond acceptors (Lipinski definition) is 4. The third-order valence-electron chi connectivity index (χ3n) is 2.83. The van der Waals surface area contributed by atoms with E-state index in [0.29, 0.717) is 13.0 Å². The summed E-state index contributed by atoms with van der Waals surface area (Å²) < 4.78 is 27.9. The standard InChI is InChI=1S/C13H17NO3S/c1-2-17-13-5-3-11(4-6-13)9-14-12-7-8-18(15,16)10-12/h3-6,9,12H,2,7-8,10H2,1H3/t12-/m1/s1. The van der Waals surface area contributed by atoms with Gasteiger partial charge in [-0.15, -0.1) is 0 Å². The molecule has 1 fully saturated rings. The number of nitrogens with zero attached hydrogens (tertiary/aromatic N) is 1. The molecule has 0 amide bonds. The predicted molar refractivity (Wildman–Crippen MR) is 72.3 cm³/mol. The van der Waals surface area contributed by atoms with E-state index in [1.807, 2.05) is 31.2 Å². The SMILES string of the molecule is CCOc1ccc(C=N[C@@H]2CCS(=O)(=O)C2)cc1. The second-order valence-corrected chi connectivity index (χ2v) is 6.57. The summed E-state index contributed by atoms with van der Waals surface area (Å²) in [6, 6.07) is 7.52. The monoisotopic (exact) mass is 267 g/mol. The van der Waals surface area contributed by atoms with Crippen molar-refractivity contribution in [2.75, 3.05) is 18.1 Å². The van der Waals surface area contributed by atoms with Crippen LogP contribution in [0.15, 0.2) is 29.3 Å². The van der Waals surface area contributed by atoms with Crippen LogP contribution in [0, 0.1) is 0 Å². The first kappa shape index (κ1) is 13.1. The van der Waals surface area contributed by atoms with Crippen LogP contribution in [0.5, 0.6) is 5.75 Å². The van der Waals surface area contributed by atoms with Crippen LogP contribution >= 0.6 is 0 Å². The van der Waals surface area contributed by atoms with Crippen molar-refractivity contribution in [2.24, 2.45) is 4.99 Å². The van der Waals surface area contributed by atoms with Crippen LogP contribution < -0.4 is 4.74 Å². The molecule has 1 aliphatic heterocycles. The van der Waals surface area contributed by atoms with E-state index in [2.05, 4.69) is 4.99 Å². The maximum atomic E-state index is 11.3. The Labute approximate surface area is 108 Å². The van der Waals surface area contributed by atoms with Crippen molar-refractivity contribution in [1.29, 1.82) is 0 Å². The highest BCUT2D eigenvalue weighted by Crippen LogP contribution is 2.15. The summed E-state index contributed by atoms with van der Waals surface area (Å²) >= 11 is 0. The Bertz CT molecular complexity index is 520. The highest BCUT2D eigenvalue weighted by Gasteiger charge is 2.26. The molecule has 1 aromatic carbocycles. The van der Waals surface area contributed by atoms with Gasteiger partial charge in [-0.25, -0.2) is 8.42 Å². The highest BCUT2D eigenvalue weighted by atomic mass is 32.2. The van der Waals surface area contributed by atoms with Gasteiger partial charge in [-0.2, -0.15) is 0 Å². The molecule has 0 N–H and O–H groups in total. The molecule has 1 atom stereocenters. The molecule has 2 rings (SSSR count). The lowest BCUT2D eigenvalue weighted by molar-refractivity contribution is 0.340. The lowest BCUT2D eigenvalue weighted by atomic mass is 10.2. The van der Waals surface area contributed by atoms with Gasteiger partial charge in [0, 0.05) is 6.21 Å². The molecule has 1 saturated heterocycles. The number of sulfone groups is 1. The molecule has 0 aromatic heterocycles. The summed E-state index contributed by atoms with van der Waals surface area (Å²) in [5.74, 6) is 1.27. The van der Waals surface area contributed by atoms with Gasteiger partial charge in [0.05, 0.1) is 24.2 Å². The summed E-state index contributed by atoms with van der Waals surface area (Å²) in [6.45, 7) is 2.59. The van der Waals surface area contributed by atoms with Crippen molar-refractivity contribution < 1.29 is 13.2 Å². The van der Waals surface area contributed by atoms with Gasteiger partial charge in [0.2, 0.25) is 0 Å². The molecule has 1 aliphatic rings. The minimum absolute atomic E-state index is 0.0819. The molecule has 0 aliphatic carbocycles. The van der Waals surface area contributed by atoms with Gasteiger partial charge in [-0.05, 0) is 43.2 Å². The Hall–Kier alpha value is -1.36. The normalized spacial score (nSPS) is 22.4. The summed E-state index contributed by atoms with van der Waals surface area (Å²) in [5, 5.41) is 0. The topological polar surface area (TPSA) is 55.7 Å². The van der Waals surface area contributed by atoms with Crippen molar-refractivity contribution in [2.45, 2.75) is 19.4 Å². The van der Waals surface area contributed by atoms with E-state index in [0.717, 1.165) is 11.3 Å². The Morgan fingerprint density at radius 2 is 2.11 bits per heavy atom. The maximum Gasteiger partial charge on any atom is 0.152 e. The van der Waals surface area contributed by atoms with E-state index in [4.69, 9.17) is 4.74 Å². The van der Waals surface area contributed by atoms with Crippen molar-refractivity contribution in [3.05, 3.63) is 29.8 Å². The van der Waals surface area contributed by atoms with Gasteiger partial charge in [-0.3, -0.25) is 4.99 Å². The fourth-order valence-corrected chi connectivity index (χ4v) is 3.54. The summed E-state index contributed by atoms with van der Waals surface area (Å²) in [5.41, 5.74) is 0.961. The Balaban J connectivity index is 1.97. The molecule has 0 bridgehead atoms. The Kier molecular flexibility index (Phi) is 4.01. The van der Waals surface area contributed by atoms with Gasteiger partial charge >= 0.3 is 0 Å². The van der Waals surface area contributed by atoms with Gasteiger partial charge in [0.25, 0.3) is 0 Å². The molecule has 98 valence electrons. The molecular weight excluding hydrogens is 250 g/mol. The van der Waals surface area contributed by atoms with Gasteiger partial charge in [0.1, 0.15) is 5.75 Å². The van der Waals surface area contributed by atoms with Crippen LogP contribution in [0.25, 0.3) is 0 Å². The summed E-state index contributed by atoms with van der Waals surface area (Å²) in [4.78, 5) is 4.32. The lowest BCUT2D eigenvalue weighted by Crippen LogP contribution is -2.07. The largest absolute Gasteiger partial charge is 0.494 e. The molecule has 1 heterocycles. The second-order valence-electron chi connectivity index (χ2n) is 4.34. The van der Waals surface area contributed by atoms with E-state index in [1.54, 1.807) is 6.21 Å². The zero-order valence-corrected chi connectivity index (χ0v) is 11.2. The molecule has 0 unspecified atom stereocenters. The van der Waals surface area contributed by atoms with Gasteiger partial charge < -0.3 is 4.74 Å². The average Bonchev–Trinajstić information content (AvgIpc) is 2.69. The van der Waals surface area contributed by atoms with E-state index in [1.165, 1.54) is 0 Å². The van der Waals surface area contributed by atoms with Crippen molar-refractivity contribution in [1.82, 2.24) is 0 Å². The van der Waals surface area contributed by atoms with Crippen LogP contribution in [0.3, 0.4) is 0 Å². The zero-order valence-electron chi connectivity index (χ0n) is 10.4. The lowest BCUT2D eigenvalue weighted by Gasteiger charge is -2.03. The van der Waals surface area contributed by atoms with E-state index in [-0.39, 0.29) is 17.5 Å². The third-order valence-corrected chi connectivity index (χ3v) is 4.58. The van der Waals surface area contributed by atoms with Crippen LogP contribution in [-0.2, 0) is 9.84 Å². The van der Waals surface area contributed by atoms with E-state index < -0.39 is 9.84 Å². The molecular formula is C13H17NO3S.